The summed E-state index contributed by atoms with van der Waals surface area (Å²) in [4.78, 5) is 0. The first-order valence-electron chi connectivity index (χ1n) is 7.75. The highest BCUT2D eigenvalue weighted by molar-refractivity contribution is 5.46. The molecule has 3 saturated carbocycles. The van der Waals surface area contributed by atoms with Crippen LogP contribution in [0.1, 0.15) is 37.7 Å². The average Bonchev–Trinajstić information content (AvgIpc) is 3.05. The van der Waals surface area contributed by atoms with Gasteiger partial charge in [-0.3, -0.25) is 0 Å². The Morgan fingerprint density at radius 1 is 1.11 bits per heavy atom. The van der Waals surface area contributed by atoms with Crippen molar-refractivity contribution in [3.63, 3.8) is 0 Å². The number of hydrogen-bond acceptors (Lipinski definition) is 1. The van der Waals surface area contributed by atoms with Gasteiger partial charge in [0.1, 0.15) is 5.82 Å². The third-order valence-corrected chi connectivity index (χ3v) is 5.95. The van der Waals surface area contributed by atoms with Crippen molar-refractivity contribution < 1.29 is 4.39 Å². The molecule has 0 spiro atoms. The molecule has 0 aromatic heterocycles. The molecule has 3 aliphatic carbocycles. The molecule has 1 aromatic carbocycles. The molecule has 0 amide bonds. The quantitative estimate of drug-likeness (QED) is 0.831. The number of hydrogen-bond donors (Lipinski definition) is 1. The maximum Gasteiger partial charge on any atom is 0.128 e. The maximum absolute atomic E-state index is 13.6. The van der Waals surface area contributed by atoms with Crippen molar-refractivity contribution in [2.75, 3.05) is 5.32 Å². The van der Waals surface area contributed by atoms with Crippen LogP contribution in [-0.4, -0.2) is 6.04 Å². The molecule has 3 fully saturated rings. The summed E-state index contributed by atoms with van der Waals surface area (Å²) in [7, 11) is 0. The average molecular weight is 259 g/mol. The first-order chi connectivity index (χ1) is 9.22. The van der Waals surface area contributed by atoms with Gasteiger partial charge in [-0.05, 0) is 74.0 Å². The summed E-state index contributed by atoms with van der Waals surface area (Å²) >= 11 is 0. The van der Waals surface area contributed by atoms with Gasteiger partial charge in [0.25, 0.3) is 0 Å². The van der Waals surface area contributed by atoms with E-state index in [2.05, 4.69) is 5.32 Å². The number of fused-ring (bicyclic) bond motifs is 5. The van der Waals surface area contributed by atoms with E-state index < -0.39 is 0 Å². The summed E-state index contributed by atoms with van der Waals surface area (Å²) in [5.74, 6) is 3.70. The van der Waals surface area contributed by atoms with Gasteiger partial charge in [0.15, 0.2) is 0 Å². The van der Waals surface area contributed by atoms with Crippen molar-refractivity contribution in [1.29, 1.82) is 0 Å². The SMILES string of the molecule is Cc1ccc(NC2CC3CC2C2CCCC32)cc1F. The molecular formula is C17H22FN. The molecule has 0 aliphatic heterocycles. The molecule has 5 unspecified atom stereocenters. The van der Waals surface area contributed by atoms with E-state index in [0.717, 1.165) is 34.9 Å². The normalized spacial score (nSPS) is 39.6. The molecule has 2 heteroatoms. The lowest BCUT2D eigenvalue weighted by atomic mass is 9.79. The monoisotopic (exact) mass is 259 g/mol. The summed E-state index contributed by atoms with van der Waals surface area (Å²) in [6.45, 7) is 1.82. The van der Waals surface area contributed by atoms with Crippen molar-refractivity contribution in [3.05, 3.63) is 29.6 Å². The second kappa shape index (κ2) is 4.22. The number of nitrogens with one attached hydrogen (secondary N) is 1. The van der Waals surface area contributed by atoms with E-state index in [9.17, 15) is 4.39 Å². The van der Waals surface area contributed by atoms with Crippen molar-refractivity contribution in [2.24, 2.45) is 23.7 Å². The molecule has 2 bridgehead atoms. The third-order valence-electron chi connectivity index (χ3n) is 5.95. The van der Waals surface area contributed by atoms with Crippen molar-refractivity contribution >= 4 is 5.69 Å². The van der Waals surface area contributed by atoms with Gasteiger partial charge in [-0.1, -0.05) is 12.5 Å². The minimum Gasteiger partial charge on any atom is -0.382 e. The highest BCUT2D eigenvalue weighted by Crippen LogP contribution is 2.59. The van der Waals surface area contributed by atoms with Crippen LogP contribution in [0.3, 0.4) is 0 Å². The van der Waals surface area contributed by atoms with Crippen LogP contribution in [0.15, 0.2) is 18.2 Å². The fraction of sp³-hybridized carbons (Fsp3) is 0.647. The highest BCUT2D eigenvalue weighted by atomic mass is 19.1. The third kappa shape index (κ3) is 1.79. The number of benzene rings is 1. The molecule has 3 aliphatic rings. The maximum atomic E-state index is 13.6. The Balaban J connectivity index is 1.51. The zero-order valence-electron chi connectivity index (χ0n) is 11.5. The molecule has 19 heavy (non-hydrogen) atoms. The van der Waals surface area contributed by atoms with Crippen LogP contribution in [0.25, 0.3) is 0 Å². The van der Waals surface area contributed by atoms with Gasteiger partial charge in [-0.25, -0.2) is 4.39 Å². The van der Waals surface area contributed by atoms with Gasteiger partial charge in [-0.2, -0.15) is 0 Å². The van der Waals surface area contributed by atoms with Crippen LogP contribution >= 0.6 is 0 Å². The fourth-order valence-electron chi connectivity index (χ4n) is 5.13. The van der Waals surface area contributed by atoms with E-state index >= 15 is 0 Å². The van der Waals surface area contributed by atoms with Gasteiger partial charge in [-0.15, -0.1) is 0 Å². The number of aryl methyl sites for hydroxylation is 1. The molecule has 4 rings (SSSR count). The first kappa shape index (κ1) is 11.7. The van der Waals surface area contributed by atoms with Crippen LogP contribution in [0.2, 0.25) is 0 Å². The molecule has 0 heterocycles. The van der Waals surface area contributed by atoms with E-state index in [0.29, 0.717) is 6.04 Å². The Bertz CT molecular complexity index is 498. The van der Waals surface area contributed by atoms with Crippen LogP contribution in [0, 0.1) is 36.4 Å². The predicted molar refractivity (Wildman–Crippen MR) is 75.6 cm³/mol. The van der Waals surface area contributed by atoms with E-state index in [4.69, 9.17) is 0 Å². The lowest BCUT2D eigenvalue weighted by Gasteiger charge is -2.32. The lowest BCUT2D eigenvalue weighted by Crippen LogP contribution is -2.33. The predicted octanol–water partition coefficient (Wildman–Crippen LogP) is 4.37. The van der Waals surface area contributed by atoms with Crippen molar-refractivity contribution in [2.45, 2.75) is 45.1 Å². The summed E-state index contributed by atoms with van der Waals surface area (Å²) in [6, 6.07) is 6.15. The summed E-state index contributed by atoms with van der Waals surface area (Å²) in [6.07, 6.45) is 7.07. The molecule has 0 radical (unpaired) electrons. The largest absolute Gasteiger partial charge is 0.382 e. The van der Waals surface area contributed by atoms with Gasteiger partial charge in [0.2, 0.25) is 0 Å². The van der Waals surface area contributed by atoms with Crippen molar-refractivity contribution in [3.8, 4) is 0 Å². The van der Waals surface area contributed by atoms with E-state index in [-0.39, 0.29) is 5.82 Å². The summed E-state index contributed by atoms with van der Waals surface area (Å²) in [5.41, 5.74) is 1.70. The molecule has 0 saturated heterocycles. The molecule has 1 nitrogen and oxygen atoms in total. The van der Waals surface area contributed by atoms with Crippen LogP contribution in [-0.2, 0) is 0 Å². The summed E-state index contributed by atoms with van der Waals surface area (Å²) in [5, 5.41) is 3.61. The van der Waals surface area contributed by atoms with E-state index in [1.807, 2.05) is 19.1 Å². The minimum atomic E-state index is -0.0908. The van der Waals surface area contributed by atoms with Crippen LogP contribution in [0.5, 0.6) is 0 Å². The Kier molecular flexibility index (Phi) is 2.61. The number of anilines is 1. The second-order valence-electron chi connectivity index (χ2n) is 6.87. The van der Waals surface area contributed by atoms with Crippen molar-refractivity contribution in [1.82, 2.24) is 0 Å². The minimum absolute atomic E-state index is 0.0908. The zero-order chi connectivity index (χ0) is 13.0. The molecule has 102 valence electrons. The van der Waals surface area contributed by atoms with Gasteiger partial charge in [0.05, 0.1) is 0 Å². The molecule has 5 atom stereocenters. The Labute approximate surface area is 114 Å². The Morgan fingerprint density at radius 2 is 1.95 bits per heavy atom. The smallest absolute Gasteiger partial charge is 0.128 e. The Morgan fingerprint density at radius 3 is 2.79 bits per heavy atom. The van der Waals surface area contributed by atoms with E-state index in [1.54, 1.807) is 6.07 Å². The van der Waals surface area contributed by atoms with Gasteiger partial charge >= 0.3 is 0 Å². The first-order valence-corrected chi connectivity index (χ1v) is 7.75. The Hall–Kier alpha value is -1.05. The molecule has 1 aromatic rings. The van der Waals surface area contributed by atoms with Gasteiger partial charge in [0, 0.05) is 11.7 Å². The standard InChI is InChI=1S/C17H22FN/c1-10-5-6-12(9-16(10)18)19-17-8-11-7-15(17)14-4-2-3-13(11)14/h5-6,9,11,13-15,17,19H,2-4,7-8H2,1H3. The summed E-state index contributed by atoms with van der Waals surface area (Å²) < 4.78 is 13.6. The second-order valence-corrected chi connectivity index (χ2v) is 6.87. The van der Waals surface area contributed by atoms with E-state index in [1.165, 1.54) is 32.1 Å². The zero-order valence-corrected chi connectivity index (χ0v) is 11.5. The van der Waals surface area contributed by atoms with Crippen LogP contribution in [0.4, 0.5) is 10.1 Å². The number of halogens is 1. The highest BCUT2D eigenvalue weighted by Gasteiger charge is 2.53. The van der Waals surface area contributed by atoms with Gasteiger partial charge < -0.3 is 5.32 Å². The number of rotatable bonds is 2. The van der Waals surface area contributed by atoms with Crippen LogP contribution < -0.4 is 5.32 Å². The molecular weight excluding hydrogens is 237 g/mol. The molecule has 1 N–H and O–H groups in total. The lowest BCUT2D eigenvalue weighted by molar-refractivity contribution is 0.243. The topological polar surface area (TPSA) is 12.0 Å². The fourth-order valence-corrected chi connectivity index (χ4v) is 5.13.